The van der Waals surface area contributed by atoms with E-state index in [0.29, 0.717) is 0 Å². The highest BCUT2D eigenvalue weighted by Crippen LogP contribution is 2.27. The minimum Gasteiger partial charge on any atom is -0.491 e. The zero-order valence-corrected chi connectivity index (χ0v) is 17.2. The molecular formula is C21H24N2O5S. The van der Waals surface area contributed by atoms with Crippen molar-refractivity contribution >= 4 is 21.8 Å². The van der Waals surface area contributed by atoms with Gasteiger partial charge in [0.05, 0.1) is 11.4 Å². The van der Waals surface area contributed by atoms with Gasteiger partial charge in [0.15, 0.2) is 0 Å². The van der Waals surface area contributed by atoms with Gasteiger partial charge >= 0.3 is 0 Å². The molecule has 2 amide bonds. The Morgan fingerprint density at radius 2 is 1.83 bits per heavy atom. The second-order valence-corrected chi connectivity index (χ2v) is 8.78. The standard InChI is InChI=1S/C21H24N2O5S/c1-15-7-9-17(10-8-15)29(26,27)23-18(11-12-20(23)24)21(25)22-13-14-28-19-6-4-3-5-16(19)2/h3-10,18H,11-14H2,1-2H3,(H,22,25)/t18-/m1/s1. The molecule has 1 aliphatic rings. The van der Waals surface area contributed by atoms with Gasteiger partial charge in [0.2, 0.25) is 11.8 Å². The van der Waals surface area contributed by atoms with Gasteiger partial charge < -0.3 is 10.1 Å². The Kier molecular flexibility index (Phi) is 6.22. The second kappa shape index (κ2) is 8.65. The molecule has 1 aliphatic heterocycles. The maximum atomic E-state index is 12.9. The summed E-state index contributed by atoms with van der Waals surface area (Å²) in [5.74, 6) is -0.344. The lowest BCUT2D eigenvalue weighted by atomic mass is 10.2. The van der Waals surface area contributed by atoms with E-state index >= 15 is 0 Å². The van der Waals surface area contributed by atoms with Crippen LogP contribution in [0.25, 0.3) is 0 Å². The van der Waals surface area contributed by atoms with Crippen molar-refractivity contribution in [3.8, 4) is 5.75 Å². The van der Waals surface area contributed by atoms with E-state index in [1.807, 2.05) is 38.1 Å². The van der Waals surface area contributed by atoms with E-state index in [4.69, 9.17) is 4.74 Å². The molecule has 0 aromatic heterocycles. The van der Waals surface area contributed by atoms with Crippen LogP contribution in [0.3, 0.4) is 0 Å². The molecule has 0 unspecified atom stereocenters. The molecule has 0 bridgehead atoms. The van der Waals surface area contributed by atoms with Gasteiger partial charge in [-0.2, -0.15) is 0 Å². The van der Waals surface area contributed by atoms with Crippen LogP contribution in [0, 0.1) is 13.8 Å². The minimum absolute atomic E-state index is 0.000892. The smallest absolute Gasteiger partial charge is 0.267 e. The Hall–Kier alpha value is -2.87. The third-order valence-electron chi connectivity index (χ3n) is 4.79. The predicted molar refractivity (Wildman–Crippen MR) is 108 cm³/mol. The average molecular weight is 416 g/mol. The second-order valence-electron chi connectivity index (χ2n) is 6.97. The number of para-hydroxylation sites is 1. The minimum atomic E-state index is -4.09. The number of aryl methyl sites for hydroxylation is 2. The molecule has 29 heavy (non-hydrogen) atoms. The van der Waals surface area contributed by atoms with E-state index in [9.17, 15) is 18.0 Å². The normalized spacial score (nSPS) is 16.7. The van der Waals surface area contributed by atoms with E-state index in [1.165, 1.54) is 12.1 Å². The summed E-state index contributed by atoms with van der Waals surface area (Å²) >= 11 is 0. The molecular weight excluding hydrogens is 392 g/mol. The number of rotatable bonds is 7. The highest BCUT2D eigenvalue weighted by molar-refractivity contribution is 7.89. The number of ether oxygens (including phenoxy) is 1. The lowest BCUT2D eigenvalue weighted by Gasteiger charge is -2.23. The number of sulfonamides is 1. The lowest BCUT2D eigenvalue weighted by Crippen LogP contribution is -2.48. The summed E-state index contributed by atoms with van der Waals surface area (Å²) in [7, 11) is -4.09. The fourth-order valence-corrected chi connectivity index (χ4v) is 4.80. The van der Waals surface area contributed by atoms with Crippen molar-refractivity contribution < 1.29 is 22.7 Å². The van der Waals surface area contributed by atoms with Crippen LogP contribution in [0.4, 0.5) is 0 Å². The van der Waals surface area contributed by atoms with E-state index in [2.05, 4.69) is 5.32 Å². The van der Waals surface area contributed by atoms with Crippen molar-refractivity contribution in [1.29, 1.82) is 0 Å². The van der Waals surface area contributed by atoms with Crippen LogP contribution in [0.1, 0.15) is 24.0 Å². The molecule has 1 heterocycles. The monoisotopic (exact) mass is 416 g/mol. The third kappa shape index (κ3) is 4.59. The highest BCUT2D eigenvalue weighted by Gasteiger charge is 2.44. The van der Waals surface area contributed by atoms with Crippen molar-refractivity contribution in [2.75, 3.05) is 13.2 Å². The number of amides is 2. The predicted octanol–water partition coefficient (Wildman–Crippen LogP) is 2.18. The molecule has 1 fully saturated rings. The van der Waals surface area contributed by atoms with Crippen LogP contribution in [0.15, 0.2) is 53.4 Å². The number of hydrogen-bond donors (Lipinski definition) is 1. The van der Waals surface area contributed by atoms with E-state index in [-0.39, 0.29) is 30.9 Å². The third-order valence-corrected chi connectivity index (χ3v) is 6.64. The van der Waals surface area contributed by atoms with Gasteiger partial charge in [0.1, 0.15) is 18.4 Å². The number of hydrogen-bond acceptors (Lipinski definition) is 5. The van der Waals surface area contributed by atoms with Gasteiger partial charge in [-0.05, 0) is 44.0 Å². The number of nitrogens with zero attached hydrogens (tertiary/aromatic N) is 1. The van der Waals surface area contributed by atoms with E-state index in [0.717, 1.165) is 21.2 Å². The average Bonchev–Trinajstić information content (AvgIpc) is 3.09. The van der Waals surface area contributed by atoms with Crippen LogP contribution in [-0.4, -0.2) is 43.7 Å². The molecule has 1 N–H and O–H groups in total. The number of benzene rings is 2. The Labute approximate surface area is 170 Å². The Balaban J connectivity index is 1.64. The van der Waals surface area contributed by atoms with Crippen molar-refractivity contribution in [1.82, 2.24) is 9.62 Å². The Morgan fingerprint density at radius 1 is 1.14 bits per heavy atom. The molecule has 8 heteroatoms. The molecule has 0 saturated carbocycles. The molecule has 2 aromatic rings. The van der Waals surface area contributed by atoms with Crippen LogP contribution >= 0.6 is 0 Å². The molecule has 0 aliphatic carbocycles. The van der Waals surface area contributed by atoms with Gasteiger partial charge in [0.25, 0.3) is 10.0 Å². The van der Waals surface area contributed by atoms with Crippen LogP contribution in [0.2, 0.25) is 0 Å². The molecule has 0 spiro atoms. The molecule has 1 atom stereocenters. The fraction of sp³-hybridized carbons (Fsp3) is 0.333. The quantitative estimate of drug-likeness (QED) is 0.699. The van der Waals surface area contributed by atoms with Gasteiger partial charge in [-0.1, -0.05) is 35.9 Å². The zero-order chi connectivity index (χ0) is 21.0. The summed E-state index contributed by atoms with van der Waals surface area (Å²) in [6.45, 7) is 4.21. The first-order valence-electron chi connectivity index (χ1n) is 9.41. The number of nitrogens with one attached hydrogen (secondary N) is 1. The van der Waals surface area contributed by atoms with Crippen LogP contribution in [-0.2, 0) is 19.6 Å². The molecule has 154 valence electrons. The number of carbonyl (C=O) groups is 2. The highest BCUT2D eigenvalue weighted by atomic mass is 32.2. The van der Waals surface area contributed by atoms with Crippen molar-refractivity contribution in [3.05, 3.63) is 59.7 Å². The van der Waals surface area contributed by atoms with Crippen LogP contribution in [0.5, 0.6) is 5.75 Å². The van der Waals surface area contributed by atoms with Crippen molar-refractivity contribution in [2.45, 2.75) is 37.6 Å². The first-order chi connectivity index (χ1) is 13.8. The molecule has 0 radical (unpaired) electrons. The number of carbonyl (C=O) groups excluding carboxylic acids is 2. The Morgan fingerprint density at radius 3 is 2.52 bits per heavy atom. The van der Waals surface area contributed by atoms with Gasteiger partial charge in [-0.15, -0.1) is 0 Å². The van der Waals surface area contributed by atoms with Crippen molar-refractivity contribution in [3.63, 3.8) is 0 Å². The van der Waals surface area contributed by atoms with Gasteiger partial charge in [0, 0.05) is 6.42 Å². The maximum absolute atomic E-state index is 12.9. The molecule has 3 rings (SSSR count). The maximum Gasteiger partial charge on any atom is 0.267 e. The SMILES string of the molecule is Cc1ccc(S(=O)(=O)N2C(=O)CC[C@@H]2C(=O)NCCOc2ccccc2C)cc1. The largest absolute Gasteiger partial charge is 0.491 e. The zero-order valence-electron chi connectivity index (χ0n) is 16.4. The van der Waals surface area contributed by atoms with Gasteiger partial charge in [-0.25, -0.2) is 12.7 Å². The van der Waals surface area contributed by atoms with Crippen LogP contribution < -0.4 is 10.1 Å². The first-order valence-corrected chi connectivity index (χ1v) is 10.8. The molecule has 1 saturated heterocycles. The summed E-state index contributed by atoms with van der Waals surface area (Å²) in [4.78, 5) is 24.9. The van der Waals surface area contributed by atoms with E-state index < -0.39 is 27.9 Å². The Bertz CT molecular complexity index is 1000. The summed E-state index contributed by atoms with van der Waals surface area (Å²) in [6.07, 6.45) is 0.178. The first kappa shape index (κ1) is 20.9. The van der Waals surface area contributed by atoms with Crippen molar-refractivity contribution in [2.24, 2.45) is 0 Å². The summed E-state index contributed by atoms with van der Waals surface area (Å²) in [5, 5.41) is 2.68. The summed E-state index contributed by atoms with van der Waals surface area (Å²) in [6, 6.07) is 12.7. The topological polar surface area (TPSA) is 92.8 Å². The van der Waals surface area contributed by atoms with E-state index in [1.54, 1.807) is 12.1 Å². The molecule has 2 aromatic carbocycles. The fourth-order valence-electron chi connectivity index (χ4n) is 3.20. The molecule has 7 nitrogen and oxygen atoms in total. The van der Waals surface area contributed by atoms with Gasteiger partial charge in [-0.3, -0.25) is 9.59 Å². The lowest BCUT2D eigenvalue weighted by molar-refractivity contribution is -0.130. The summed E-state index contributed by atoms with van der Waals surface area (Å²) < 4.78 is 32.2. The summed E-state index contributed by atoms with van der Waals surface area (Å²) in [5.41, 5.74) is 1.88.